The molecule has 10 heteroatoms. The summed E-state index contributed by atoms with van der Waals surface area (Å²) in [7, 11) is 2.83. The third kappa shape index (κ3) is 5.21. The highest BCUT2D eigenvalue weighted by molar-refractivity contribution is 6.01. The Balaban J connectivity index is 1.37. The zero-order valence-corrected chi connectivity index (χ0v) is 21.1. The van der Waals surface area contributed by atoms with E-state index in [1.807, 2.05) is 23.1 Å². The second-order valence-electron chi connectivity index (χ2n) is 9.31. The first kappa shape index (κ1) is 25.3. The van der Waals surface area contributed by atoms with Crippen molar-refractivity contribution in [3.63, 3.8) is 0 Å². The summed E-state index contributed by atoms with van der Waals surface area (Å²) < 4.78 is 25.0. The molecule has 4 aromatic rings. The number of esters is 1. The standard InChI is InChI=1S/C28H28FN5O4/c1-37-25-5-3-4-23(29)22(25)16-34-14-19(28(36)38-2)12-20(15-34)31-27(35)18-6-7-24-21(13-18)26(33-32-24)17-8-10-30-11-9-17/h3-11,13,19-20H,12,14-16H2,1-2H3,(H,31,35)(H,32,33). The molecule has 38 heavy (non-hydrogen) atoms. The average Bonchev–Trinajstić information content (AvgIpc) is 3.37. The predicted molar refractivity (Wildman–Crippen MR) is 139 cm³/mol. The highest BCUT2D eigenvalue weighted by atomic mass is 19.1. The molecular formula is C28H28FN5O4. The van der Waals surface area contributed by atoms with E-state index in [9.17, 15) is 14.0 Å². The molecule has 0 spiro atoms. The minimum absolute atomic E-state index is 0.228. The summed E-state index contributed by atoms with van der Waals surface area (Å²) in [6, 6.07) is 13.4. The van der Waals surface area contributed by atoms with E-state index < -0.39 is 5.92 Å². The second kappa shape index (κ2) is 11.0. The van der Waals surface area contributed by atoms with Crippen LogP contribution in [0.25, 0.3) is 22.2 Å². The van der Waals surface area contributed by atoms with Gasteiger partial charge in [0.1, 0.15) is 17.3 Å². The van der Waals surface area contributed by atoms with E-state index in [0.717, 1.165) is 22.2 Å². The minimum Gasteiger partial charge on any atom is -0.496 e. The molecule has 1 aliphatic heterocycles. The van der Waals surface area contributed by atoms with Crippen LogP contribution in [0.5, 0.6) is 5.75 Å². The van der Waals surface area contributed by atoms with Crippen molar-refractivity contribution in [3.8, 4) is 17.0 Å². The second-order valence-corrected chi connectivity index (χ2v) is 9.31. The van der Waals surface area contributed by atoms with Crippen molar-refractivity contribution in [1.82, 2.24) is 25.4 Å². The number of nitrogens with one attached hydrogen (secondary N) is 2. The van der Waals surface area contributed by atoms with Gasteiger partial charge in [0.05, 0.1) is 25.7 Å². The molecule has 0 bridgehead atoms. The van der Waals surface area contributed by atoms with Crippen molar-refractivity contribution >= 4 is 22.8 Å². The van der Waals surface area contributed by atoms with Crippen molar-refractivity contribution < 1.29 is 23.5 Å². The summed E-state index contributed by atoms with van der Waals surface area (Å²) in [5.41, 5.74) is 3.29. The number of H-pyrrole nitrogens is 1. The van der Waals surface area contributed by atoms with E-state index in [1.165, 1.54) is 20.3 Å². The lowest BCUT2D eigenvalue weighted by Crippen LogP contribution is -2.52. The van der Waals surface area contributed by atoms with E-state index in [-0.39, 0.29) is 30.3 Å². The molecule has 2 unspecified atom stereocenters. The van der Waals surface area contributed by atoms with Crippen LogP contribution in [0.2, 0.25) is 0 Å². The first-order valence-electron chi connectivity index (χ1n) is 12.3. The maximum absolute atomic E-state index is 14.6. The molecule has 0 saturated carbocycles. The number of piperidine rings is 1. The number of fused-ring (bicyclic) bond motifs is 1. The van der Waals surface area contributed by atoms with Gasteiger partial charge in [0.25, 0.3) is 5.91 Å². The number of rotatable bonds is 7. The van der Waals surface area contributed by atoms with Crippen molar-refractivity contribution in [1.29, 1.82) is 0 Å². The van der Waals surface area contributed by atoms with Gasteiger partial charge >= 0.3 is 5.97 Å². The number of benzene rings is 2. The number of carbonyl (C=O) groups is 2. The number of ether oxygens (including phenoxy) is 2. The van der Waals surface area contributed by atoms with E-state index in [0.29, 0.717) is 36.4 Å². The Kier molecular flexibility index (Phi) is 7.32. The fourth-order valence-electron chi connectivity index (χ4n) is 5.02. The molecule has 0 aliphatic carbocycles. The first-order valence-corrected chi connectivity index (χ1v) is 12.3. The Morgan fingerprint density at radius 1 is 1.13 bits per heavy atom. The molecule has 0 radical (unpaired) electrons. The van der Waals surface area contributed by atoms with Gasteiger partial charge < -0.3 is 14.8 Å². The zero-order valence-electron chi connectivity index (χ0n) is 21.1. The van der Waals surface area contributed by atoms with Crippen LogP contribution < -0.4 is 10.1 Å². The predicted octanol–water partition coefficient (Wildman–Crippen LogP) is 3.57. The van der Waals surface area contributed by atoms with Crippen LogP contribution in [-0.2, 0) is 16.1 Å². The van der Waals surface area contributed by atoms with Gasteiger partial charge in [-0.05, 0) is 48.9 Å². The fraction of sp³-hybridized carbons (Fsp3) is 0.286. The van der Waals surface area contributed by atoms with Crippen LogP contribution >= 0.6 is 0 Å². The monoisotopic (exact) mass is 517 g/mol. The van der Waals surface area contributed by atoms with Crippen LogP contribution in [0.1, 0.15) is 22.3 Å². The van der Waals surface area contributed by atoms with Gasteiger partial charge in [-0.1, -0.05) is 6.07 Å². The topological polar surface area (TPSA) is 109 Å². The number of halogens is 1. The highest BCUT2D eigenvalue weighted by Gasteiger charge is 2.34. The van der Waals surface area contributed by atoms with Crippen molar-refractivity contribution in [2.75, 3.05) is 27.3 Å². The molecular weight excluding hydrogens is 489 g/mol. The summed E-state index contributed by atoms with van der Waals surface area (Å²) in [6.07, 6.45) is 3.80. The lowest BCUT2D eigenvalue weighted by atomic mass is 9.93. The number of carbonyl (C=O) groups excluding carboxylic acids is 2. The van der Waals surface area contributed by atoms with Gasteiger partial charge in [0, 0.05) is 60.1 Å². The first-order chi connectivity index (χ1) is 18.5. The Morgan fingerprint density at radius 2 is 1.95 bits per heavy atom. The SMILES string of the molecule is COC(=O)C1CC(NC(=O)c2ccc3[nH]nc(-c4ccncc4)c3c2)CN(Cc2c(F)cccc2OC)C1. The summed E-state index contributed by atoms with van der Waals surface area (Å²) >= 11 is 0. The maximum Gasteiger partial charge on any atom is 0.310 e. The van der Waals surface area contributed by atoms with Gasteiger partial charge in [-0.3, -0.25) is 24.6 Å². The molecule has 196 valence electrons. The molecule has 9 nitrogen and oxygen atoms in total. The molecule has 1 saturated heterocycles. The molecule has 3 heterocycles. The van der Waals surface area contributed by atoms with Gasteiger partial charge in [-0.15, -0.1) is 0 Å². The van der Waals surface area contributed by atoms with Crippen molar-refractivity contribution in [2.24, 2.45) is 5.92 Å². The van der Waals surface area contributed by atoms with Crippen LogP contribution in [0.4, 0.5) is 4.39 Å². The third-order valence-corrected chi connectivity index (χ3v) is 6.85. The smallest absolute Gasteiger partial charge is 0.310 e. The van der Waals surface area contributed by atoms with Crippen LogP contribution in [0.15, 0.2) is 60.9 Å². The van der Waals surface area contributed by atoms with Crippen LogP contribution in [0.3, 0.4) is 0 Å². The normalized spacial score (nSPS) is 17.8. The summed E-state index contributed by atoms with van der Waals surface area (Å²) in [5, 5.41) is 11.3. The number of likely N-dealkylation sites (tertiary alicyclic amines) is 1. The largest absolute Gasteiger partial charge is 0.496 e. The molecule has 1 fully saturated rings. The molecule has 1 amide bonds. The summed E-state index contributed by atoms with van der Waals surface area (Å²) in [6.45, 7) is 1.05. The van der Waals surface area contributed by atoms with E-state index in [1.54, 1.807) is 36.7 Å². The number of aromatic nitrogens is 3. The number of methoxy groups -OCH3 is 2. The van der Waals surface area contributed by atoms with E-state index >= 15 is 0 Å². The quantitative estimate of drug-likeness (QED) is 0.361. The summed E-state index contributed by atoms with van der Waals surface area (Å²) in [5.74, 6) is -1.05. The molecule has 2 aromatic carbocycles. The number of hydrogen-bond donors (Lipinski definition) is 2. The number of hydrogen-bond acceptors (Lipinski definition) is 7. The lowest BCUT2D eigenvalue weighted by molar-refractivity contribution is -0.147. The lowest BCUT2D eigenvalue weighted by Gasteiger charge is -2.37. The van der Waals surface area contributed by atoms with Gasteiger partial charge in [-0.2, -0.15) is 5.10 Å². The number of aromatic amines is 1. The Labute approximate surface area is 219 Å². The highest BCUT2D eigenvalue weighted by Crippen LogP contribution is 2.28. The zero-order chi connectivity index (χ0) is 26.6. The number of pyridine rings is 1. The Bertz CT molecular complexity index is 1460. The maximum atomic E-state index is 14.6. The molecule has 2 N–H and O–H groups in total. The minimum atomic E-state index is -0.466. The molecule has 2 aromatic heterocycles. The molecule has 2 atom stereocenters. The Morgan fingerprint density at radius 3 is 2.71 bits per heavy atom. The van der Waals surface area contributed by atoms with E-state index in [2.05, 4.69) is 20.5 Å². The van der Waals surface area contributed by atoms with Crippen LogP contribution in [-0.4, -0.2) is 65.3 Å². The Hall–Kier alpha value is -4.31. The van der Waals surface area contributed by atoms with Gasteiger partial charge in [-0.25, -0.2) is 4.39 Å². The van der Waals surface area contributed by atoms with Crippen LogP contribution in [0, 0.1) is 11.7 Å². The third-order valence-electron chi connectivity index (χ3n) is 6.85. The molecule has 5 rings (SSSR count). The summed E-state index contributed by atoms with van der Waals surface area (Å²) in [4.78, 5) is 31.8. The molecule has 1 aliphatic rings. The van der Waals surface area contributed by atoms with Crippen molar-refractivity contribution in [3.05, 3.63) is 77.9 Å². The number of amides is 1. The van der Waals surface area contributed by atoms with Crippen molar-refractivity contribution in [2.45, 2.75) is 19.0 Å². The van der Waals surface area contributed by atoms with E-state index in [4.69, 9.17) is 9.47 Å². The number of nitrogens with zero attached hydrogens (tertiary/aromatic N) is 3. The van der Waals surface area contributed by atoms with Gasteiger partial charge in [0.15, 0.2) is 0 Å². The fourth-order valence-corrected chi connectivity index (χ4v) is 5.02. The average molecular weight is 518 g/mol. The van der Waals surface area contributed by atoms with Gasteiger partial charge in [0.2, 0.25) is 0 Å².